The molecule has 2 aromatic carbocycles. The van der Waals surface area contributed by atoms with Crippen LogP contribution in [0.4, 0.5) is 10.3 Å². The number of aromatic nitrogens is 4. The van der Waals surface area contributed by atoms with Crippen LogP contribution in [0.25, 0.3) is 0 Å². The highest BCUT2D eigenvalue weighted by molar-refractivity contribution is 7.99. The van der Waals surface area contributed by atoms with Crippen molar-refractivity contribution in [3.63, 3.8) is 0 Å². The van der Waals surface area contributed by atoms with Gasteiger partial charge in [-0.15, -0.1) is 20.4 Å². The lowest BCUT2D eigenvalue weighted by Crippen LogP contribution is -2.25. The number of amides is 2. The number of nitrogens with zero attached hydrogens (tertiary/aromatic N) is 4. The largest absolute Gasteiger partial charge is 0.447 e. The molecule has 15 heteroatoms. The predicted molar refractivity (Wildman–Crippen MR) is 164 cm³/mol. The summed E-state index contributed by atoms with van der Waals surface area (Å²) in [5.41, 5.74) is 1.11. The monoisotopic (exact) mass is 640 g/mol. The lowest BCUT2D eigenvalue weighted by molar-refractivity contribution is -0.152. The number of carbonyl (C=O) groups is 4. The second-order valence-corrected chi connectivity index (χ2v) is 12.2. The van der Waals surface area contributed by atoms with Crippen LogP contribution in [-0.4, -0.2) is 55.7 Å². The number of ether oxygens (including phenoxy) is 2. The minimum atomic E-state index is -1.09. The Morgan fingerprint density at radius 1 is 0.674 bits per heavy atom. The molecular formula is C28H28N6O6S3. The molecule has 4 rings (SSSR count). The van der Waals surface area contributed by atoms with Crippen molar-refractivity contribution < 1.29 is 28.7 Å². The number of esters is 2. The van der Waals surface area contributed by atoms with Crippen molar-refractivity contribution in [2.75, 3.05) is 22.1 Å². The smallest absolute Gasteiger partial charge is 0.303 e. The first-order valence-corrected chi connectivity index (χ1v) is 15.9. The van der Waals surface area contributed by atoms with Gasteiger partial charge in [-0.05, 0) is 11.5 Å². The van der Waals surface area contributed by atoms with E-state index < -0.39 is 36.0 Å². The third-order valence-corrected chi connectivity index (χ3v) is 8.35. The molecule has 43 heavy (non-hydrogen) atoms. The number of carbonyl (C=O) groups excluding carboxylic acids is 4. The quantitative estimate of drug-likeness (QED) is 0.148. The number of benzene rings is 2. The second-order valence-electron chi connectivity index (χ2n) is 8.89. The average Bonchev–Trinajstić information content (AvgIpc) is 3.64. The highest BCUT2D eigenvalue weighted by Gasteiger charge is 2.26. The highest BCUT2D eigenvalue weighted by atomic mass is 32.2. The Balaban J connectivity index is 1.20. The van der Waals surface area contributed by atoms with Crippen molar-refractivity contribution in [2.24, 2.45) is 0 Å². The maximum absolute atomic E-state index is 12.8. The average molecular weight is 641 g/mol. The van der Waals surface area contributed by atoms with Gasteiger partial charge in [-0.1, -0.05) is 83.3 Å². The number of thioether (sulfide) groups is 1. The molecule has 12 nitrogen and oxygen atoms in total. The highest BCUT2D eigenvalue weighted by Crippen LogP contribution is 2.25. The van der Waals surface area contributed by atoms with Crippen molar-refractivity contribution >= 4 is 68.5 Å². The molecule has 4 aromatic rings. The fraction of sp³-hybridized carbons (Fsp3) is 0.286. The van der Waals surface area contributed by atoms with Crippen LogP contribution in [0.2, 0.25) is 0 Å². The predicted octanol–water partition coefficient (Wildman–Crippen LogP) is 4.39. The molecule has 0 saturated heterocycles. The van der Waals surface area contributed by atoms with E-state index in [9.17, 15) is 19.2 Å². The summed E-state index contributed by atoms with van der Waals surface area (Å²) >= 11 is 4.22. The van der Waals surface area contributed by atoms with E-state index in [0.717, 1.165) is 21.5 Å². The van der Waals surface area contributed by atoms with E-state index >= 15 is 0 Å². The van der Waals surface area contributed by atoms with E-state index in [1.807, 2.05) is 12.1 Å². The number of nitrogens with one attached hydrogen (secondary N) is 2. The molecule has 2 aromatic heterocycles. The van der Waals surface area contributed by atoms with Crippen LogP contribution in [0.15, 0.2) is 60.7 Å². The molecule has 224 valence electrons. The summed E-state index contributed by atoms with van der Waals surface area (Å²) in [6.07, 6.45) is -0.873. The SMILES string of the molecule is CC(=O)O[C@H](C(=O)Nc1nnc(CCSCCc2nnc(NC(=O)[C@@H](OC(C)=O)c3ccccc3)s2)s1)c1ccccc1. The molecule has 0 saturated carbocycles. The minimum absolute atomic E-state index is 0.324. The fourth-order valence-electron chi connectivity index (χ4n) is 3.71. The summed E-state index contributed by atoms with van der Waals surface area (Å²) < 4.78 is 10.4. The van der Waals surface area contributed by atoms with Crippen molar-refractivity contribution in [2.45, 2.75) is 38.9 Å². The Labute approximate surface area is 259 Å². The van der Waals surface area contributed by atoms with E-state index in [-0.39, 0.29) is 0 Å². The standard InChI is InChI=1S/C28H28N6O6S3/c1-17(35)39-23(19-9-5-3-6-10-19)25(37)29-27-33-31-21(42-27)13-15-41-16-14-22-32-34-28(43-22)30-26(38)24(40-18(2)36)20-11-7-4-8-12-20/h3-12,23-24H,13-16H2,1-2H3,(H,29,33,37)(H,30,34,38)/t23-,24-/m0/s1. The lowest BCUT2D eigenvalue weighted by atomic mass is 10.1. The summed E-state index contributed by atoms with van der Waals surface area (Å²) in [6.45, 7) is 2.50. The summed E-state index contributed by atoms with van der Waals surface area (Å²) in [7, 11) is 0. The Bertz CT molecular complexity index is 1420. The summed E-state index contributed by atoms with van der Waals surface area (Å²) in [5.74, 6) is -0.603. The molecule has 2 atom stereocenters. The Morgan fingerprint density at radius 2 is 1.07 bits per heavy atom. The van der Waals surface area contributed by atoms with Gasteiger partial charge in [0.2, 0.25) is 22.5 Å². The summed E-state index contributed by atoms with van der Waals surface area (Å²) in [6, 6.07) is 17.5. The second kappa shape index (κ2) is 15.9. The number of hydrogen-bond donors (Lipinski definition) is 2. The molecule has 0 fully saturated rings. The molecule has 2 amide bonds. The van der Waals surface area contributed by atoms with Gasteiger partial charge in [-0.3, -0.25) is 29.8 Å². The Hall–Kier alpha value is -4.21. The topological polar surface area (TPSA) is 162 Å². The fourth-order valence-corrected chi connectivity index (χ4v) is 6.33. The number of hydrogen-bond acceptors (Lipinski definition) is 13. The van der Waals surface area contributed by atoms with E-state index in [2.05, 4.69) is 31.0 Å². The van der Waals surface area contributed by atoms with Gasteiger partial charge < -0.3 is 9.47 Å². The zero-order chi connectivity index (χ0) is 30.6. The first-order chi connectivity index (χ1) is 20.8. The van der Waals surface area contributed by atoms with E-state index in [1.54, 1.807) is 60.3 Å². The molecule has 0 spiro atoms. The minimum Gasteiger partial charge on any atom is -0.447 e. The summed E-state index contributed by atoms with van der Waals surface area (Å²) in [5, 5.41) is 23.9. The Kier molecular flexibility index (Phi) is 11.7. The van der Waals surface area contributed by atoms with Gasteiger partial charge in [-0.25, -0.2) is 0 Å². The van der Waals surface area contributed by atoms with Crippen LogP contribution in [0.3, 0.4) is 0 Å². The first kappa shape index (κ1) is 31.7. The molecule has 0 radical (unpaired) electrons. The van der Waals surface area contributed by atoms with E-state index in [4.69, 9.17) is 9.47 Å². The molecule has 0 aliphatic heterocycles. The van der Waals surface area contributed by atoms with Gasteiger partial charge >= 0.3 is 11.9 Å². The molecule has 0 aliphatic rings. The number of rotatable bonds is 14. The summed E-state index contributed by atoms with van der Waals surface area (Å²) in [4.78, 5) is 48.6. The van der Waals surface area contributed by atoms with Crippen molar-refractivity contribution in [1.29, 1.82) is 0 Å². The lowest BCUT2D eigenvalue weighted by Gasteiger charge is -2.15. The molecule has 2 N–H and O–H groups in total. The van der Waals surface area contributed by atoms with E-state index in [1.165, 1.54) is 36.5 Å². The third kappa shape index (κ3) is 9.94. The van der Waals surface area contributed by atoms with Crippen LogP contribution in [0.5, 0.6) is 0 Å². The van der Waals surface area contributed by atoms with Crippen LogP contribution in [-0.2, 0) is 41.5 Å². The first-order valence-electron chi connectivity index (χ1n) is 13.1. The molecule has 0 aliphatic carbocycles. The molecule has 0 unspecified atom stereocenters. The van der Waals surface area contributed by atoms with Crippen LogP contribution >= 0.6 is 34.4 Å². The van der Waals surface area contributed by atoms with Crippen LogP contribution in [0, 0.1) is 0 Å². The van der Waals surface area contributed by atoms with Gasteiger partial charge in [-0.2, -0.15) is 11.8 Å². The molecule has 0 bridgehead atoms. The van der Waals surface area contributed by atoms with Gasteiger partial charge in [0, 0.05) is 37.8 Å². The zero-order valence-electron chi connectivity index (χ0n) is 23.2. The normalized spacial score (nSPS) is 12.1. The maximum atomic E-state index is 12.8. The van der Waals surface area contributed by atoms with E-state index in [0.29, 0.717) is 34.2 Å². The van der Waals surface area contributed by atoms with Gasteiger partial charge in [0.1, 0.15) is 10.0 Å². The third-order valence-electron chi connectivity index (χ3n) is 5.56. The van der Waals surface area contributed by atoms with Crippen LogP contribution < -0.4 is 10.6 Å². The van der Waals surface area contributed by atoms with Gasteiger partial charge in [0.05, 0.1) is 0 Å². The van der Waals surface area contributed by atoms with Gasteiger partial charge in [0.25, 0.3) is 11.8 Å². The molecule has 2 heterocycles. The van der Waals surface area contributed by atoms with Crippen molar-refractivity contribution in [3.8, 4) is 0 Å². The maximum Gasteiger partial charge on any atom is 0.303 e. The van der Waals surface area contributed by atoms with Crippen molar-refractivity contribution in [1.82, 2.24) is 20.4 Å². The Morgan fingerprint density at radius 3 is 1.44 bits per heavy atom. The molecular weight excluding hydrogens is 613 g/mol. The number of anilines is 2. The zero-order valence-corrected chi connectivity index (χ0v) is 25.7. The van der Waals surface area contributed by atoms with Gasteiger partial charge in [0.15, 0.2) is 0 Å². The van der Waals surface area contributed by atoms with Crippen LogP contribution in [0.1, 0.15) is 47.2 Å². The number of aryl methyl sites for hydroxylation is 2. The van der Waals surface area contributed by atoms with Crippen molar-refractivity contribution in [3.05, 3.63) is 81.8 Å².